The van der Waals surface area contributed by atoms with E-state index in [1.807, 2.05) is 6.82 Å². The Morgan fingerprint density at radius 3 is 2.54 bits per heavy atom. The molecule has 1 rings (SSSR count). The molecule has 1 aromatic carbocycles. The van der Waals surface area contributed by atoms with Crippen LogP contribution in [0.2, 0.25) is 16.9 Å². The molecular weight excluding hydrogens is 350 g/mol. The zero-order valence-electron chi connectivity index (χ0n) is 14.4. The molecule has 132 valence electrons. The lowest BCUT2D eigenvalue weighted by atomic mass is 9.60. The van der Waals surface area contributed by atoms with Crippen molar-refractivity contribution >= 4 is 41.9 Å². The Labute approximate surface area is 153 Å². The lowest BCUT2D eigenvalue weighted by molar-refractivity contribution is -0.120. The van der Waals surface area contributed by atoms with Crippen LogP contribution >= 0.6 is 23.2 Å². The van der Waals surface area contributed by atoms with Gasteiger partial charge in [0.2, 0.25) is 5.91 Å². The smallest absolute Gasteiger partial charge is 0.312 e. The van der Waals surface area contributed by atoms with Crippen molar-refractivity contribution < 1.29 is 14.2 Å². The zero-order chi connectivity index (χ0) is 18.3. The molecule has 0 aliphatic carbocycles. The van der Waals surface area contributed by atoms with Crippen LogP contribution in [0.1, 0.15) is 30.6 Å². The van der Waals surface area contributed by atoms with E-state index in [0.717, 1.165) is 6.42 Å². The number of nitrogens with one attached hydrogen (secondary N) is 2. The quantitative estimate of drug-likeness (QED) is 0.689. The summed E-state index contributed by atoms with van der Waals surface area (Å²) in [6.45, 7) is 5.79. The van der Waals surface area contributed by atoms with E-state index in [4.69, 9.17) is 27.9 Å². The molecule has 0 saturated carbocycles. The summed E-state index contributed by atoms with van der Waals surface area (Å²) in [6, 6.07) is 4.60. The number of hydrogen-bond donors (Lipinski definition) is 2. The molecule has 24 heavy (non-hydrogen) atoms. The predicted octanol–water partition coefficient (Wildman–Crippen LogP) is 3.06. The van der Waals surface area contributed by atoms with Crippen LogP contribution in [0.3, 0.4) is 0 Å². The summed E-state index contributed by atoms with van der Waals surface area (Å²) in [5.41, 5.74) is 0.237. The maximum atomic E-state index is 12.1. The molecule has 0 heterocycles. The van der Waals surface area contributed by atoms with Crippen LogP contribution in [0.4, 0.5) is 0 Å². The van der Waals surface area contributed by atoms with Gasteiger partial charge < -0.3 is 15.3 Å². The average Bonchev–Trinajstić information content (AvgIpc) is 2.53. The summed E-state index contributed by atoms with van der Waals surface area (Å²) < 4.78 is 5.30. The first kappa shape index (κ1) is 20.8. The summed E-state index contributed by atoms with van der Waals surface area (Å²) in [4.78, 5) is 24.2. The van der Waals surface area contributed by atoms with Gasteiger partial charge in [-0.2, -0.15) is 0 Å². The zero-order valence-corrected chi connectivity index (χ0v) is 15.9. The minimum Gasteiger partial charge on any atom is -0.437 e. The number of amides is 2. The second-order valence-corrected chi connectivity index (χ2v) is 6.89. The Balaban J connectivity index is 2.60. The minimum atomic E-state index is -0.446. The first-order valence-corrected chi connectivity index (χ1v) is 8.55. The molecule has 5 nitrogen and oxygen atoms in total. The Kier molecular flexibility index (Phi) is 8.60. The molecule has 0 aromatic heterocycles. The van der Waals surface area contributed by atoms with Gasteiger partial charge in [0.05, 0.1) is 17.1 Å². The van der Waals surface area contributed by atoms with Gasteiger partial charge >= 0.3 is 6.92 Å². The van der Waals surface area contributed by atoms with Crippen LogP contribution in [-0.2, 0) is 9.45 Å². The topological polar surface area (TPSA) is 67.4 Å². The highest BCUT2D eigenvalue weighted by Gasteiger charge is 2.24. The van der Waals surface area contributed by atoms with Gasteiger partial charge in [-0.05, 0) is 30.5 Å². The summed E-state index contributed by atoms with van der Waals surface area (Å²) in [7, 11) is 1.60. The molecule has 2 amide bonds. The normalized spacial score (nSPS) is 12.0. The van der Waals surface area contributed by atoms with Gasteiger partial charge in [0.1, 0.15) is 0 Å². The SMILES string of the molecule is COB(C)[C@H](CC(C)C)NC(=O)CNC(=O)c1cc(Cl)ccc1Cl. The van der Waals surface area contributed by atoms with Gasteiger partial charge in [-0.3, -0.25) is 9.59 Å². The highest BCUT2D eigenvalue weighted by molar-refractivity contribution is 6.52. The fraction of sp³-hybridized carbons (Fsp3) is 0.500. The molecule has 0 spiro atoms. The lowest BCUT2D eigenvalue weighted by Crippen LogP contribution is -2.49. The van der Waals surface area contributed by atoms with E-state index in [-0.39, 0.29) is 35.9 Å². The largest absolute Gasteiger partial charge is 0.437 e. The third-order valence-corrected chi connectivity index (χ3v) is 4.16. The van der Waals surface area contributed by atoms with E-state index in [2.05, 4.69) is 24.5 Å². The number of hydrogen-bond acceptors (Lipinski definition) is 3. The Morgan fingerprint density at radius 2 is 1.96 bits per heavy atom. The molecule has 0 unspecified atom stereocenters. The van der Waals surface area contributed by atoms with Crippen LogP contribution in [0.5, 0.6) is 0 Å². The molecule has 0 saturated heterocycles. The third kappa shape index (κ3) is 6.71. The lowest BCUT2D eigenvalue weighted by Gasteiger charge is -2.23. The van der Waals surface area contributed by atoms with Crippen molar-refractivity contribution in [2.24, 2.45) is 5.92 Å². The van der Waals surface area contributed by atoms with Crippen LogP contribution < -0.4 is 10.6 Å². The van der Waals surface area contributed by atoms with E-state index in [9.17, 15) is 9.59 Å². The highest BCUT2D eigenvalue weighted by Crippen LogP contribution is 2.20. The van der Waals surface area contributed by atoms with Crippen LogP contribution in [-0.4, -0.2) is 38.3 Å². The Morgan fingerprint density at radius 1 is 1.29 bits per heavy atom. The van der Waals surface area contributed by atoms with Gasteiger partial charge in [0, 0.05) is 18.1 Å². The number of carbonyl (C=O) groups is 2. The number of carbonyl (C=O) groups excluding carboxylic acids is 2. The molecule has 1 aromatic rings. The monoisotopic (exact) mass is 372 g/mol. The molecular formula is C16H23BCl2N2O3. The van der Waals surface area contributed by atoms with E-state index >= 15 is 0 Å². The molecule has 0 radical (unpaired) electrons. The molecule has 0 aliphatic heterocycles. The minimum absolute atomic E-state index is 0.116. The Hall–Kier alpha value is -1.24. The van der Waals surface area contributed by atoms with Crippen LogP contribution in [0.25, 0.3) is 0 Å². The van der Waals surface area contributed by atoms with Gasteiger partial charge in [-0.1, -0.05) is 43.9 Å². The summed E-state index contributed by atoms with van der Waals surface area (Å²) in [5.74, 6) is -0.434. The van der Waals surface area contributed by atoms with Crippen LogP contribution in [0, 0.1) is 5.92 Å². The number of benzene rings is 1. The first-order valence-electron chi connectivity index (χ1n) is 7.80. The second kappa shape index (κ2) is 9.92. The first-order chi connectivity index (χ1) is 11.2. The van der Waals surface area contributed by atoms with E-state index in [1.165, 1.54) is 12.1 Å². The third-order valence-electron chi connectivity index (χ3n) is 3.59. The molecule has 0 bridgehead atoms. The van der Waals surface area contributed by atoms with Gasteiger partial charge in [-0.25, -0.2) is 0 Å². The van der Waals surface area contributed by atoms with Crippen molar-refractivity contribution in [2.45, 2.75) is 33.0 Å². The fourth-order valence-corrected chi connectivity index (χ4v) is 2.60. The van der Waals surface area contributed by atoms with Gasteiger partial charge in [-0.15, -0.1) is 0 Å². The van der Waals surface area contributed by atoms with Crippen molar-refractivity contribution in [2.75, 3.05) is 13.7 Å². The van der Waals surface area contributed by atoms with Crippen molar-refractivity contribution in [3.8, 4) is 0 Å². The average molecular weight is 373 g/mol. The van der Waals surface area contributed by atoms with E-state index in [0.29, 0.717) is 10.9 Å². The highest BCUT2D eigenvalue weighted by atomic mass is 35.5. The van der Waals surface area contributed by atoms with Crippen molar-refractivity contribution in [1.29, 1.82) is 0 Å². The maximum absolute atomic E-state index is 12.1. The summed E-state index contributed by atoms with van der Waals surface area (Å²) in [6.07, 6.45) is 0.787. The van der Waals surface area contributed by atoms with E-state index in [1.54, 1.807) is 13.2 Å². The molecule has 0 aliphatic rings. The van der Waals surface area contributed by atoms with Crippen molar-refractivity contribution in [1.82, 2.24) is 10.6 Å². The predicted molar refractivity (Wildman–Crippen MR) is 98.8 cm³/mol. The summed E-state index contributed by atoms with van der Waals surface area (Å²) >= 11 is 11.8. The van der Waals surface area contributed by atoms with Gasteiger partial charge in [0.15, 0.2) is 0 Å². The summed E-state index contributed by atoms with van der Waals surface area (Å²) in [5, 5.41) is 6.12. The van der Waals surface area contributed by atoms with E-state index < -0.39 is 5.91 Å². The standard InChI is InChI=1S/C16H23BCl2N2O3/c1-10(2)7-14(17(3)24-4)21-15(22)9-20-16(23)12-8-11(18)5-6-13(12)19/h5-6,8,10,14H,7,9H2,1-4H3,(H,20,23)(H,21,22)/t14-/m0/s1. The molecule has 0 fully saturated rings. The van der Waals surface area contributed by atoms with Crippen molar-refractivity contribution in [3.63, 3.8) is 0 Å². The molecule has 2 N–H and O–H groups in total. The number of rotatable bonds is 8. The second-order valence-electron chi connectivity index (χ2n) is 6.05. The van der Waals surface area contributed by atoms with Gasteiger partial charge in [0.25, 0.3) is 5.91 Å². The molecule has 1 atom stereocenters. The Bertz CT molecular complexity index is 584. The fourth-order valence-electron chi connectivity index (χ4n) is 2.23. The van der Waals surface area contributed by atoms with Crippen LogP contribution in [0.15, 0.2) is 18.2 Å². The van der Waals surface area contributed by atoms with Crippen molar-refractivity contribution in [3.05, 3.63) is 33.8 Å². The maximum Gasteiger partial charge on any atom is 0.312 e. The number of halogens is 2. The molecule has 8 heteroatoms.